The second kappa shape index (κ2) is 16.5. The lowest BCUT2D eigenvalue weighted by Gasteiger charge is -2.22. The number of aliphatic hydroxyl groups excluding tert-OH is 1. The van der Waals surface area contributed by atoms with Gasteiger partial charge in [-0.1, -0.05) is 18.2 Å². The fourth-order valence-electron chi connectivity index (χ4n) is 5.36. The molecule has 0 radical (unpaired) electrons. The van der Waals surface area contributed by atoms with Crippen LogP contribution in [0.3, 0.4) is 0 Å². The molecule has 2 fully saturated rings. The third kappa shape index (κ3) is 9.22. The van der Waals surface area contributed by atoms with Crippen LogP contribution in [-0.4, -0.2) is 84.4 Å². The van der Waals surface area contributed by atoms with Crippen LogP contribution in [0.25, 0.3) is 0 Å². The quantitative estimate of drug-likeness (QED) is 0.133. The topological polar surface area (TPSA) is 240 Å². The lowest BCUT2D eigenvalue weighted by Crippen LogP contribution is -2.33. The molecule has 2 aliphatic rings. The van der Waals surface area contributed by atoms with Gasteiger partial charge in [0.1, 0.15) is 42.4 Å². The Morgan fingerprint density at radius 1 is 1.02 bits per heavy atom. The Morgan fingerprint density at radius 2 is 1.72 bits per heavy atom. The van der Waals surface area contributed by atoms with Gasteiger partial charge in [0.05, 0.1) is 25.7 Å². The molecule has 1 unspecified atom stereocenters. The highest BCUT2D eigenvalue weighted by molar-refractivity contribution is 7.40. The van der Waals surface area contributed by atoms with E-state index in [0.717, 1.165) is 9.13 Å². The maximum absolute atomic E-state index is 12.8. The number of carbonyl (C=O) groups excluding carboxylic acids is 3. The molecule has 0 spiro atoms. The number of esters is 1. The number of amides is 1. The van der Waals surface area contributed by atoms with Crippen molar-refractivity contribution in [3.63, 3.8) is 0 Å². The maximum Gasteiger partial charge on any atom is 0.351 e. The van der Waals surface area contributed by atoms with Crippen molar-refractivity contribution in [2.75, 3.05) is 18.5 Å². The lowest BCUT2D eigenvalue weighted by molar-refractivity contribution is -0.153. The van der Waals surface area contributed by atoms with Crippen LogP contribution in [-0.2, 0) is 32.8 Å². The fraction of sp³-hybridized carbons (Fsp3) is 0.452. The number of ether oxygens (including phenoxy) is 3. The number of H-pyrrole nitrogens is 1. The van der Waals surface area contributed by atoms with Crippen LogP contribution in [0.4, 0.5) is 5.82 Å². The van der Waals surface area contributed by atoms with E-state index in [0.29, 0.717) is 5.56 Å². The first kappa shape index (κ1) is 36.9. The SMILES string of the molecule is CC(=O)CCC(=O)O[C@H]1C[C@H](n2cc(C)c(=O)[nH]c2=O)O[C@@H]1COP(O)O[C@H]1C[C@H](n2ccc(NC(=O)c3ccccc3)nc2=O)O[C@@H]1CO. The normalized spacial score (nSPS) is 23.8. The number of aliphatic hydroxyl groups is 1. The highest BCUT2D eigenvalue weighted by atomic mass is 31.2. The zero-order chi connectivity index (χ0) is 35.9. The van der Waals surface area contributed by atoms with Crippen LogP contribution in [0.2, 0.25) is 0 Å². The summed E-state index contributed by atoms with van der Waals surface area (Å²) in [5, 5.41) is 12.5. The van der Waals surface area contributed by atoms with Crippen molar-refractivity contribution in [1.82, 2.24) is 19.1 Å². The summed E-state index contributed by atoms with van der Waals surface area (Å²) < 4.78 is 30.8. The van der Waals surface area contributed by atoms with Gasteiger partial charge in [-0.25, -0.2) is 9.59 Å². The van der Waals surface area contributed by atoms with Crippen LogP contribution < -0.4 is 22.3 Å². The van der Waals surface area contributed by atoms with E-state index in [-0.39, 0.29) is 49.5 Å². The molecule has 7 atom stereocenters. The van der Waals surface area contributed by atoms with Gasteiger partial charge in [0.25, 0.3) is 11.5 Å². The van der Waals surface area contributed by atoms with Crippen LogP contribution in [0.5, 0.6) is 0 Å². The predicted molar refractivity (Wildman–Crippen MR) is 173 cm³/mol. The number of aromatic amines is 1. The molecule has 4 N–H and O–H groups in total. The van der Waals surface area contributed by atoms with Crippen molar-refractivity contribution in [1.29, 1.82) is 0 Å². The van der Waals surface area contributed by atoms with Crippen molar-refractivity contribution in [2.24, 2.45) is 0 Å². The molecule has 268 valence electrons. The number of rotatable bonds is 14. The Kier molecular flexibility index (Phi) is 12.2. The Hall–Kier alpha value is -4.42. The first-order valence-electron chi connectivity index (χ1n) is 15.6. The van der Waals surface area contributed by atoms with Crippen molar-refractivity contribution in [2.45, 2.75) is 76.4 Å². The molecule has 4 heterocycles. The number of hydrogen-bond donors (Lipinski definition) is 4. The molecule has 18 nitrogen and oxygen atoms in total. The Balaban J connectivity index is 1.20. The second-order valence-corrected chi connectivity index (χ2v) is 12.6. The first-order chi connectivity index (χ1) is 23.9. The summed E-state index contributed by atoms with van der Waals surface area (Å²) >= 11 is 0. The van der Waals surface area contributed by atoms with E-state index in [4.69, 9.17) is 23.3 Å². The molecule has 2 saturated heterocycles. The Labute approximate surface area is 284 Å². The third-order valence-electron chi connectivity index (χ3n) is 7.95. The molecule has 2 aromatic heterocycles. The fourth-order valence-corrected chi connectivity index (χ4v) is 6.15. The van der Waals surface area contributed by atoms with E-state index in [9.17, 15) is 38.8 Å². The molecular weight excluding hydrogens is 681 g/mol. The standard InChI is InChI=1S/C31H36N5O13P/c1-17-14-36(31(43)34-28(17)40)26-12-20(48-27(39)9-8-18(2)38)23(47-26)16-45-50(44)49-21-13-25(46-22(21)15-37)35-11-10-24(33-30(35)42)32-29(41)19-6-4-3-5-7-19/h3-7,10-11,14,20-23,25-26,37,44H,8-9,12-13,15-16H2,1-2H3,(H,34,40,43)(H,32,33,41,42)/t20-,21-,22+,23+,25+,26+,50?/m0/s1. The van der Waals surface area contributed by atoms with Crippen molar-refractivity contribution < 1.29 is 47.6 Å². The largest absolute Gasteiger partial charge is 0.459 e. The maximum atomic E-state index is 12.8. The van der Waals surface area contributed by atoms with Gasteiger partial charge in [0.2, 0.25) is 0 Å². The number of Topliss-reactive ketones (excluding diaryl/α,β-unsaturated/α-hetero) is 1. The number of hydrogen-bond acceptors (Lipinski definition) is 14. The summed E-state index contributed by atoms with van der Waals surface area (Å²) in [6.45, 7) is 1.97. The molecule has 3 aromatic rings. The number of nitrogens with one attached hydrogen (secondary N) is 2. The zero-order valence-electron chi connectivity index (χ0n) is 27.0. The molecule has 19 heteroatoms. The summed E-state index contributed by atoms with van der Waals surface area (Å²) in [4.78, 5) is 90.2. The number of nitrogens with zero attached hydrogens (tertiary/aromatic N) is 3. The van der Waals surface area contributed by atoms with Crippen LogP contribution in [0, 0.1) is 6.92 Å². The van der Waals surface area contributed by atoms with Crippen molar-refractivity contribution >= 4 is 32.1 Å². The minimum Gasteiger partial charge on any atom is -0.459 e. The molecule has 2 aliphatic heterocycles. The number of anilines is 1. The van der Waals surface area contributed by atoms with Gasteiger partial charge in [-0.05, 0) is 32.0 Å². The minimum absolute atomic E-state index is 0.00230. The van der Waals surface area contributed by atoms with Gasteiger partial charge in [0.15, 0.2) is 0 Å². The summed E-state index contributed by atoms with van der Waals surface area (Å²) in [6, 6.07) is 9.79. The molecule has 1 aromatic carbocycles. The van der Waals surface area contributed by atoms with Gasteiger partial charge in [-0.15, -0.1) is 0 Å². The van der Waals surface area contributed by atoms with E-state index < -0.39 is 80.9 Å². The lowest BCUT2D eigenvalue weighted by atomic mass is 10.1. The number of aryl methyl sites for hydroxylation is 1. The van der Waals surface area contributed by atoms with Gasteiger partial charge in [-0.2, -0.15) is 4.98 Å². The smallest absolute Gasteiger partial charge is 0.351 e. The van der Waals surface area contributed by atoms with Gasteiger partial charge < -0.3 is 43.4 Å². The highest BCUT2D eigenvalue weighted by Crippen LogP contribution is 2.42. The van der Waals surface area contributed by atoms with E-state index in [1.807, 2.05) is 0 Å². The molecule has 0 bridgehead atoms. The monoisotopic (exact) mass is 717 g/mol. The zero-order valence-corrected chi connectivity index (χ0v) is 27.9. The number of aromatic nitrogens is 4. The van der Waals surface area contributed by atoms with Crippen molar-refractivity contribution in [3.05, 3.63) is 91.2 Å². The van der Waals surface area contributed by atoms with Gasteiger partial charge in [0, 0.05) is 42.8 Å². The molecule has 50 heavy (non-hydrogen) atoms. The van der Waals surface area contributed by atoms with E-state index in [1.54, 1.807) is 30.3 Å². The van der Waals surface area contributed by atoms with Crippen LogP contribution in [0.1, 0.15) is 61.0 Å². The van der Waals surface area contributed by atoms with Gasteiger partial charge in [-0.3, -0.25) is 28.5 Å². The molecule has 0 aliphatic carbocycles. The van der Waals surface area contributed by atoms with E-state index in [2.05, 4.69) is 15.3 Å². The first-order valence-corrected chi connectivity index (χ1v) is 16.7. The summed E-state index contributed by atoms with van der Waals surface area (Å²) in [5.74, 6) is -1.31. The average molecular weight is 718 g/mol. The second-order valence-electron chi connectivity index (χ2n) is 11.6. The Bertz CT molecular complexity index is 1870. The summed E-state index contributed by atoms with van der Waals surface area (Å²) in [6.07, 6.45) is -3.23. The highest BCUT2D eigenvalue weighted by Gasteiger charge is 2.42. The number of carbonyl (C=O) groups is 3. The molecular formula is C31H36N5O13P. The molecule has 5 rings (SSSR count). The predicted octanol–water partition coefficient (Wildman–Crippen LogP) is 0.824. The van der Waals surface area contributed by atoms with Crippen LogP contribution >= 0.6 is 8.60 Å². The van der Waals surface area contributed by atoms with E-state index >= 15 is 0 Å². The number of ketones is 1. The van der Waals surface area contributed by atoms with Crippen LogP contribution in [0.15, 0.2) is 63.2 Å². The minimum atomic E-state index is -2.63. The number of benzene rings is 1. The van der Waals surface area contributed by atoms with Crippen molar-refractivity contribution in [3.8, 4) is 0 Å². The average Bonchev–Trinajstić information content (AvgIpc) is 3.68. The van der Waals surface area contributed by atoms with E-state index in [1.165, 1.54) is 32.3 Å². The Morgan fingerprint density at radius 3 is 2.42 bits per heavy atom. The molecule has 1 amide bonds. The third-order valence-corrected chi connectivity index (χ3v) is 8.77. The van der Waals surface area contributed by atoms with Gasteiger partial charge >= 0.3 is 26.0 Å². The summed E-state index contributed by atoms with van der Waals surface area (Å²) in [5.41, 5.74) is -1.42. The molecule has 0 saturated carbocycles. The summed E-state index contributed by atoms with van der Waals surface area (Å²) in [7, 11) is -2.63.